The van der Waals surface area contributed by atoms with Gasteiger partial charge in [0.05, 0.1) is 24.9 Å². The Bertz CT molecular complexity index is 365. The topological polar surface area (TPSA) is 41.5 Å². The number of aliphatic hydroxyl groups excluding tert-OH is 1. The maximum atomic E-state index is 13.3. The van der Waals surface area contributed by atoms with Crippen molar-refractivity contribution in [2.45, 2.75) is 6.10 Å². The van der Waals surface area contributed by atoms with Crippen molar-refractivity contribution in [1.29, 1.82) is 0 Å². The zero-order valence-electron chi connectivity index (χ0n) is 10.0. The van der Waals surface area contributed by atoms with E-state index in [0.29, 0.717) is 19.8 Å². The standard InChI is InChI=1S/C13H17F2NO2/c1-2-7-18-8-6-16-9-12(17)13-10(14)4-3-5-11(13)15/h2-5,12,16-17H,1,6-9H2. The molecule has 18 heavy (non-hydrogen) atoms. The van der Waals surface area contributed by atoms with Crippen LogP contribution in [0.25, 0.3) is 0 Å². The highest BCUT2D eigenvalue weighted by molar-refractivity contribution is 5.22. The number of ether oxygens (including phenoxy) is 1. The third-order valence-corrected chi connectivity index (χ3v) is 2.33. The number of aliphatic hydroxyl groups is 1. The third kappa shape index (κ3) is 4.52. The highest BCUT2D eigenvalue weighted by atomic mass is 19.1. The van der Waals surface area contributed by atoms with E-state index in [1.54, 1.807) is 6.08 Å². The minimum Gasteiger partial charge on any atom is -0.387 e. The molecule has 0 spiro atoms. The average Bonchev–Trinajstić information content (AvgIpc) is 2.33. The second-order valence-corrected chi connectivity index (χ2v) is 3.72. The quantitative estimate of drug-likeness (QED) is 0.551. The Hall–Kier alpha value is -1.30. The first-order chi connectivity index (χ1) is 8.66. The summed E-state index contributed by atoms with van der Waals surface area (Å²) in [4.78, 5) is 0. The normalized spacial score (nSPS) is 12.4. The predicted octanol–water partition coefficient (Wildman–Crippen LogP) is 1.79. The molecule has 0 fully saturated rings. The van der Waals surface area contributed by atoms with E-state index in [2.05, 4.69) is 11.9 Å². The molecule has 0 saturated heterocycles. The number of benzene rings is 1. The third-order valence-electron chi connectivity index (χ3n) is 2.33. The predicted molar refractivity (Wildman–Crippen MR) is 65.2 cm³/mol. The Morgan fingerprint density at radius 3 is 2.67 bits per heavy atom. The molecule has 1 aromatic rings. The summed E-state index contributed by atoms with van der Waals surface area (Å²) in [5, 5.41) is 12.5. The minimum atomic E-state index is -1.22. The van der Waals surface area contributed by atoms with Crippen LogP contribution in [0.5, 0.6) is 0 Å². The maximum absolute atomic E-state index is 13.3. The van der Waals surface area contributed by atoms with Crippen LogP contribution < -0.4 is 5.32 Å². The molecule has 5 heteroatoms. The molecule has 0 radical (unpaired) electrons. The van der Waals surface area contributed by atoms with Gasteiger partial charge in [-0.2, -0.15) is 0 Å². The second kappa shape index (κ2) is 7.92. The van der Waals surface area contributed by atoms with Gasteiger partial charge in [0, 0.05) is 13.1 Å². The van der Waals surface area contributed by atoms with E-state index in [1.807, 2.05) is 0 Å². The Morgan fingerprint density at radius 2 is 2.06 bits per heavy atom. The summed E-state index contributed by atoms with van der Waals surface area (Å²) >= 11 is 0. The van der Waals surface area contributed by atoms with E-state index in [-0.39, 0.29) is 12.1 Å². The molecule has 0 amide bonds. The Morgan fingerprint density at radius 1 is 1.39 bits per heavy atom. The summed E-state index contributed by atoms with van der Waals surface area (Å²) in [6.45, 7) is 4.94. The first-order valence-electron chi connectivity index (χ1n) is 5.68. The summed E-state index contributed by atoms with van der Waals surface area (Å²) in [6.07, 6.45) is 0.412. The van der Waals surface area contributed by atoms with Crippen molar-refractivity contribution in [1.82, 2.24) is 5.32 Å². The maximum Gasteiger partial charge on any atom is 0.131 e. The summed E-state index contributed by atoms with van der Waals surface area (Å²) in [7, 11) is 0. The summed E-state index contributed by atoms with van der Waals surface area (Å²) in [5.74, 6) is -1.49. The first kappa shape index (κ1) is 14.8. The molecule has 1 atom stereocenters. The summed E-state index contributed by atoms with van der Waals surface area (Å²) in [5.41, 5.74) is -0.308. The molecule has 100 valence electrons. The lowest BCUT2D eigenvalue weighted by atomic mass is 10.1. The number of hydrogen-bond acceptors (Lipinski definition) is 3. The van der Waals surface area contributed by atoms with Gasteiger partial charge in [0.15, 0.2) is 0 Å². The molecule has 0 saturated carbocycles. The van der Waals surface area contributed by atoms with E-state index in [1.165, 1.54) is 6.07 Å². The van der Waals surface area contributed by atoms with Crippen molar-refractivity contribution >= 4 is 0 Å². The van der Waals surface area contributed by atoms with Crippen molar-refractivity contribution < 1.29 is 18.6 Å². The van der Waals surface area contributed by atoms with Gasteiger partial charge in [0.25, 0.3) is 0 Å². The molecule has 0 aromatic heterocycles. The molecule has 0 aliphatic carbocycles. The summed E-state index contributed by atoms with van der Waals surface area (Å²) < 4.78 is 31.7. The number of hydrogen-bond donors (Lipinski definition) is 2. The lowest BCUT2D eigenvalue weighted by Crippen LogP contribution is -2.26. The van der Waals surface area contributed by atoms with Crippen LogP contribution >= 0.6 is 0 Å². The monoisotopic (exact) mass is 257 g/mol. The summed E-state index contributed by atoms with van der Waals surface area (Å²) in [6, 6.07) is 3.50. The van der Waals surface area contributed by atoms with Crippen LogP contribution in [0.2, 0.25) is 0 Å². The van der Waals surface area contributed by atoms with Crippen LogP contribution in [0.15, 0.2) is 30.9 Å². The van der Waals surface area contributed by atoms with Gasteiger partial charge in [-0.3, -0.25) is 0 Å². The molecular weight excluding hydrogens is 240 g/mol. The van der Waals surface area contributed by atoms with Gasteiger partial charge in [0.1, 0.15) is 11.6 Å². The van der Waals surface area contributed by atoms with Gasteiger partial charge in [0.2, 0.25) is 0 Å². The van der Waals surface area contributed by atoms with Crippen LogP contribution in [-0.4, -0.2) is 31.4 Å². The fourth-order valence-corrected chi connectivity index (χ4v) is 1.48. The van der Waals surface area contributed by atoms with Crippen molar-refractivity contribution in [3.63, 3.8) is 0 Å². The van der Waals surface area contributed by atoms with Crippen molar-refractivity contribution in [2.24, 2.45) is 0 Å². The molecule has 0 heterocycles. The number of nitrogens with one attached hydrogen (secondary N) is 1. The van der Waals surface area contributed by atoms with E-state index in [0.717, 1.165) is 12.1 Å². The Kier molecular flexibility index (Phi) is 6.49. The highest BCUT2D eigenvalue weighted by Gasteiger charge is 2.16. The Labute approximate surface area is 105 Å². The van der Waals surface area contributed by atoms with Crippen LogP contribution in [0.3, 0.4) is 0 Å². The zero-order valence-corrected chi connectivity index (χ0v) is 10.0. The molecule has 3 nitrogen and oxygen atoms in total. The smallest absolute Gasteiger partial charge is 0.131 e. The molecule has 1 aromatic carbocycles. The first-order valence-corrected chi connectivity index (χ1v) is 5.68. The van der Waals surface area contributed by atoms with Gasteiger partial charge in [-0.25, -0.2) is 8.78 Å². The fourth-order valence-electron chi connectivity index (χ4n) is 1.48. The van der Waals surface area contributed by atoms with Gasteiger partial charge in [-0.15, -0.1) is 6.58 Å². The van der Waals surface area contributed by atoms with Crippen LogP contribution in [0.4, 0.5) is 8.78 Å². The van der Waals surface area contributed by atoms with Gasteiger partial charge >= 0.3 is 0 Å². The lowest BCUT2D eigenvalue weighted by Gasteiger charge is -2.13. The highest BCUT2D eigenvalue weighted by Crippen LogP contribution is 2.19. The van der Waals surface area contributed by atoms with Gasteiger partial charge < -0.3 is 15.2 Å². The Balaban J connectivity index is 2.36. The van der Waals surface area contributed by atoms with E-state index in [9.17, 15) is 13.9 Å². The number of rotatable bonds is 8. The molecular formula is C13H17F2NO2. The molecule has 0 bridgehead atoms. The SMILES string of the molecule is C=CCOCCNCC(O)c1c(F)cccc1F. The largest absolute Gasteiger partial charge is 0.387 e. The lowest BCUT2D eigenvalue weighted by molar-refractivity contribution is 0.143. The van der Waals surface area contributed by atoms with E-state index >= 15 is 0 Å². The second-order valence-electron chi connectivity index (χ2n) is 3.72. The van der Waals surface area contributed by atoms with Crippen LogP contribution in [0, 0.1) is 11.6 Å². The van der Waals surface area contributed by atoms with Crippen molar-refractivity contribution in [3.8, 4) is 0 Å². The molecule has 0 aliphatic rings. The van der Waals surface area contributed by atoms with Gasteiger partial charge in [-0.05, 0) is 12.1 Å². The fraction of sp³-hybridized carbons (Fsp3) is 0.385. The van der Waals surface area contributed by atoms with Gasteiger partial charge in [-0.1, -0.05) is 12.1 Å². The van der Waals surface area contributed by atoms with E-state index in [4.69, 9.17) is 4.74 Å². The van der Waals surface area contributed by atoms with Crippen molar-refractivity contribution in [3.05, 3.63) is 48.1 Å². The van der Waals surface area contributed by atoms with Crippen molar-refractivity contribution in [2.75, 3.05) is 26.3 Å². The minimum absolute atomic E-state index is 0.0648. The van der Waals surface area contributed by atoms with Crippen LogP contribution in [0.1, 0.15) is 11.7 Å². The molecule has 1 unspecified atom stereocenters. The average molecular weight is 257 g/mol. The molecule has 1 rings (SSSR count). The molecule has 0 aliphatic heterocycles. The zero-order chi connectivity index (χ0) is 13.4. The van der Waals surface area contributed by atoms with Crippen LogP contribution in [-0.2, 0) is 4.74 Å². The number of halogens is 2. The van der Waals surface area contributed by atoms with E-state index < -0.39 is 17.7 Å². The molecule has 2 N–H and O–H groups in total.